The van der Waals surface area contributed by atoms with Crippen LogP contribution in [-0.4, -0.2) is 20.7 Å². The molecule has 0 unspecified atom stereocenters. The van der Waals surface area contributed by atoms with Crippen LogP contribution in [0.1, 0.15) is 24.8 Å². The number of para-hydroxylation sites is 1. The normalized spacial score (nSPS) is 17.9. The molecule has 0 aliphatic heterocycles. The Bertz CT molecular complexity index is 344. The van der Waals surface area contributed by atoms with Gasteiger partial charge in [0, 0.05) is 6.54 Å². The first kappa shape index (κ1) is 11.5. The molecule has 2 heteroatoms. The van der Waals surface area contributed by atoms with Crippen LogP contribution in [0.2, 0.25) is 0 Å². The quantitative estimate of drug-likeness (QED) is 0.822. The SMILES string of the molecule is CNCC1(Cc2ccccc2OC)CCC1. The van der Waals surface area contributed by atoms with Gasteiger partial charge < -0.3 is 10.1 Å². The number of benzene rings is 1. The highest BCUT2D eigenvalue weighted by atomic mass is 16.5. The predicted molar refractivity (Wildman–Crippen MR) is 66.9 cm³/mol. The van der Waals surface area contributed by atoms with E-state index in [-0.39, 0.29) is 0 Å². The van der Waals surface area contributed by atoms with E-state index in [9.17, 15) is 0 Å². The highest BCUT2D eigenvalue weighted by Crippen LogP contribution is 2.44. The second kappa shape index (κ2) is 4.88. The Balaban J connectivity index is 2.12. The number of methoxy groups -OCH3 is 1. The van der Waals surface area contributed by atoms with Gasteiger partial charge in [-0.1, -0.05) is 24.6 Å². The highest BCUT2D eigenvalue weighted by Gasteiger charge is 2.36. The first-order valence-corrected chi connectivity index (χ1v) is 6.06. The highest BCUT2D eigenvalue weighted by molar-refractivity contribution is 5.34. The summed E-state index contributed by atoms with van der Waals surface area (Å²) in [6.07, 6.45) is 5.19. The van der Waals surface area contributed by atoms with Crippen molar-refractivity contribution in [3.63, 3.8) is 0 Å². The van der Waals surface area contributed by atoms with Crippen LogP contribution in [0, 0.1) is 5.41 Å². The van der Waals surface area contributed by atoms with Crippen molar-refractivity contribution in [2.75, 3.05) is 20.7 Å². The van der Waals surface area contributed by atoms with E-state index in [4.69, 9.17) is 4.74 Å². The van der Waals surface area contributed by atoms with E-state index < -0.39 is 0 Å². The van der Waals surface area contributed by atoms with Gasteiger partial charge in [0.15, 0.2) is 0 Å². The molecule has 0 heterocycles. The Morgan fingerprint density at radius 1 is 1.31 bits per heavy atom. The Morgan fingerprint density at radius 3 is 2.62 bits per heavy atom. The third kappa shape index (κ3) is 2.22. The molecule has 2 rings (SSSR count). The molecular formula is C14H21NO. The summed E-state index contributed by atoms with van der Waals surface area (Å²) in [7, 11) is 3.80. The summed E-state index contributed by atoms with van der Waals surface area (Å²) in [5.74, 6) is 1.03. The lowest BCUT2D eigenvalue weighted by Crippen LogP contribution is -2.40. The van der Waals surface area contributed by atoms with Crippen LogP contribution in [0.3, 0.4) is 0 Å². The number of ether oxygens (including phenoxy) is 1. The third-order valence-electron chi connectivity index (χ3n) is 3.72. The van der Waals surface area contributed by atoms with E-state index in [1.165, 1.54) is 24.8 Å². The second-order valence-electron chi connectivity index (χ2n) is 4.87. The molecule has 1 saturated carbocycles. The molecule has 1 N–H and O–H groups in total. The zero-order chi connectivity index (χ0) is 11.4. The van der Waals surface area contributed by atoms with Gasteiger partial charge in [0.2, 0.25) is 0 Å². The summed E-state index contributed by atoms with van der Waals surface area (Å²) in [6, 6.07) is 8.38. The lowest BCUT2D eigenvalue weighted by Gasteiger charge is -2.42. The number of rotatable bonds is 5. The molecule has 0 spiro atoms. The van der Waals surface area contributed by atoms with Crippen molar-refractivity contribution in [1.82, 2.24) is 5.32 Å². The van der Waals surface area contributed by atoms with Crippen LogP contribution in [0.5, 0.6) is 5.75 Å². The van der Waals surface area contributed by atoms with Crippen molar-refractivity contribution in [2.24, 2.45) is 5.41 Å². The molecule has 0 saturated heterocycles. The molecular weight excluding hydrogens is 198 g/mol. The van der Waals surface area contributed by atoms with Gasteiger partial charge in [0.05, 0.1) is 7.11 Å². The van der Waals surface area contributed by atoms with Crippen LogP contribution in [0.4, 0.5) is 0 Å². The number of hydrogen-bond donors (Lipinski definition) is 1. The molecule has 2 nitrogen and oxygen atoms in total. The molecule has 1 aromatic carbocycles. The minimum absolute atomic E-state index is 0.476. The van der Waals surface area contributed by atoms with E-state index in [1.807, 2.05) is 13.1 Å². The van der Waals surface area contributed by atoms with Gasteiger partial charge in [-0.25, -0.2) is 0 Å². The molecule has 1 aromatic rings. The Labute approximate surface area is 98.0 Å². The molecule has 0 amide bonds. The minimum atomic E-state index is 0.476. The maximum absolute atomic E-state index is 5.42. The molecule has 0 atom stereocenters. The lowest BCUT2D eigenvalue weighted by atomic mass is 9.65. The smallest absolute Gasteiger partial charge is 0.122 e. The molecule has 16 heavy (non-hydrogen) atoms. The van der Waals surface area contributed by atoms with Gasteiger partial charge in [-0.15, -0.1) is 0 Å². The standard InChI is InChI=1S/C14H21NO/c1-15-11-14(8-5-9-14)10-12-6-3-4-7-13(12)16-2/h3-4,6-7,15H,5,8-11H2,1-2H3. The molecule has 0 aromatic heterocycles. The van der Waals surface area contributed by atoms with Crippen molar-refractivity contribution in [2.45, 2.75) is 25.7 Å². The van der Waals surface area contributed by atoms with Crippen molar-refractivity contribution in [3.8, 4) is 5.75 Å². The average molecular weight is 219 g/mol. The van der Waals surface area contributed by atoms with Crippen LogP contribution in [-0.2, 0) is 6.42 Å². The van der Waals surface area contributed by atoms with Crippen molar-refractivity contribution >= 4 is 0 Å². The monoisotopic (exact) mass is 219 g/mol. The summed E-state index contributed by atoms with van der Waals surface area (Å²) >= 11 is 0. The van der Waals surface area contributed by atoms with E-state index in [2.05, 4.69) is 23.5 Å². The molecule has 88 valence electrons. The van der Waals surface area contributed by atoms with Crippen LogP contribution in [0.15, 0.2) is 24.3 Å². The Morgan fingerprint density at radius 2 is 2.06 bits per heavy atom. The van der Waals surface area contributed by atoms with Gasteiger partial charge in [-0.3, -0.25) is 0 Å². The van der Waals surface area contributed by atoms with E-state index in [1.54, 1.807) is 7.11 Å². The molecule has 0 radical (unpaired) electrons. The van der Waals surface area contributed by atoms with Crippen LogP contribution in [0.25, 0.3) is 0 Å². The van der Waals surface area contributed by atoms with Crippen molar-refractivity contribution in [1.29, 1.82) is 0 Å². The fourth-order valence-corrected chi connectivity index (χ4v) is 2.72. The fourth-order valence-electron chi connectivity index (χ4n) is 2.72. The van der Waals surface area contributed by atoms with Gasteiger partial charge >= 0.3 is 0 Å². The zero-order valence-electron chi connectivity index (χ0n) is 10.3. The maximum atomic E-state index is 5.42. The van der Waals surface area contributed by atoms with Gasteiger partial charge in [-0.2, -0.15) is 0 Å². The number of hydrogen-bond acceptors (Lipinski definition) is 2. The molecule has 0 bridgehead atoms. The van der Waals surface area contributed by atoms with Gasteiger partial charge in [0.25, 0.3) is 0 Å². The second-order valence-corrected chi connectivity index (χ2v) is 4.87. The Hall–Kier alpha value is -1.02. The summed E-state index contributed by atoms with van der Waals surface area (Å²) in [5, 5.41) is 3.33. The molecule has 1 fully saturated rings. The van der Waals surface area contributed by atoms with E-state index >= 15 is 0 Å². The predicted octanol–water partition coefficient (Wildman–Crippen LogP) is 2.63. The number of nitrogens with one attached hydrogen (secondary N) is 1. The van der Waals surface area contributed by atoms with Crippen molar-refractivity contribution < 1.29 is 4.74 Å². The average Bonchev–Trinajstić information content (AvgIpc) is 2.27. The summed E-state index contributed by atoms with van der Waals surface area (Å²) in [6.45, 7) is 1.12. The molecule has 1 aliphatic rings. The van der Waals surface area contributed by atoms with Gasteiger partial charge in [0.1, 0.15) is 5.75 Å². The largest absolute Gasteiger partial charge is 0.496 e. The third-order valence-corrected chi connectivity index (χ3v) is 3.72. The summed E-state index contributed by atoms with van der Waals surface area (Å²) in [4.78, 5) is 0. The van der Waals surface area contributed by atoms with Crippen molar-refractivity contribution in [3.05, 3.63) is 29.8 Å². The van der Waals surface area contributed by atoms with Crippen LogP contribution < -0.4 is 10.1 Å². The molecule has 1 aliphatic carbocycles. The summed E-state index contributed by atoms with van der Waals surface area (Å²) in [5.41, 5.74) is 1.82. The first-order chi connectivity index (χ1) is 7.79. The zero-order valence-corrected chi connectivity index (χ0v) is 10.3. The topological polar surface area (TPSA) is 21.3 Å². The Kier molecular flexibility index (Phi) is 3.49. The lowest BCUT2D eigenvalue weighted by molar-refractivity contribution is 0.132. The van der Waals surface area contributed by atoms with Gasteiger partial charge in [-0.05, 0) is 43.4 Å². The minimum Gasteiger partial charge on any atom is -0.496 e. The summed E-state index contributed by atoms with van der Waals surface area (Å²) < 4.78 is 5.42. The maximum Gasteiger partial charge on any atom is 0.122 e. The van der Waals surface area contributed by atoms with Crippen LogP contribution >= 0.6 is 0 Å². The van der Waals surface area contributed by atoms with E-state index in [0.717, 1.165) is 18.7 Å². The first-order valence-electron chi connectivity index (χ1n) is 6.06. The van der Waals surface area contributed by atoms with E-state index in [0.29, 0.717) is 5.41 Å². The fraction of sp³-hybridized carbons (Fsp3) is 0.571.